The summed E-state index contributed by atoms with van der Waals surface area (Å²) in [6.07, 6.45) is -0.161. The first-order chi connectivity index (χ1) is 39.8. The number of aliphatic hydroxyl groups excluding tert-OH is 2. The lowest BCUT2D eigenvalue weighted by Gasteiger charge is -2.30. The van der Waals surface area contributed by atoms with Gasteiger partial charge in [0.25, 0.3) is 11.8 Å². The van der Waals surface area contributed by atoms with Crippen LogP contribution in [0.5, 0.6) is 0 Å². The summed E-state index contributed by atoms with van der Waals surface area (Å²) < 4.78 is 0. The highest BCUT2D eigenvalue weighted by molar-refractivity contribution is 8.00. The van der Waals surface area contributed by atoms with Crippen molar-refractivity contribution < 1.29 is 82.5 Å². The summed E-state index contributed by atoms with van der Waals surface area (Å²) >= 11 is 2.29. The molecule has 5 aliphatic heterocycles. The quantitative estimate of drug-likeness (QED) is 0.0755. The van der Waals surface area contributed by atoms with E-state index in [4.69, 9.17) is 4.84 Å². The fourth-order valence-electron chi connectivity index (χ4n) is 10.9. The Morgan fingerprint density at radius 2 is 1.40 bits per heavy atom. The fraction of sp³-hybridized carbons (Fsp3) is 0.611. The normalized spacial score (nSPS) is 29.5. The number of nitrogens with one attached hydrogen (secondary N) is 8. The average molecular weight is 1210 g/mol. The average Bonchev–Trinajstić information content (AvgIpc) is 4.00. The molecule has 10 atom stereocenters. The van der Waals surface area contributed by atoms with Gasteiger partial charge >= 0.3 is 5.97 Å². The number of aliphatic hydroxyl groups is 3. The molecule has 1 unspecified atom stereocenters. The molecular formula is C54H71N11O17S2. The van der Waals surface area contributed by atoms with Gasteiger partial charge in [-0.15, -0.1) is 28.6 Å². The Kier molecular flexibility index (Phi) is 20.1. The van der Waals surface area contributed by atoms with E-state index in [9.17, 15) is 77.6 Å². The van der Waals surface area contributed by atoms with Crippen molar-refractivity contribution in [1.82, 2.24) is 51.7 Å². The molecule has 28 nitrogen and oxygen atoms in total. The van der Waals surface area contributed by atoms with Crippen molar-refractivity contribution in [3.05, 3.63) is 23.8 Å². The van der Waals surface area contributed by atoms with Crippen LogP contribution in [0.15, 0.2) is 23.2 Å². The zero-order valence-corrected chi connectivity index (χ0v) is 48.5. The third-order valence-electron chi connectivity index (χ3n) is 15.8. The number of anilines is 1. The standard InChI is InChI=1S/C54H71N11O17S2/c1-25-44(72)55-26(2)46(74)61-37-23-84-50-33(18-35(47(75)60-36(48(76)56-25)20-54(4,81)24-66)59-45(73)27(3)57-49(77)38-17-31(67)22-63(38)51(37)78)32-16-30(11-12-34(32)62-50)58-40(68)6-5-15-83-39-19-43(71)64(52(39)79)21-28-7-9-29(10-8-28)53(80)82-65-41(69)13-14-42(65)70/h11-12,16,25-29,31,35-39,62,66-67,81H,5-10,13-15,17-24H2,1-4H3,(H,55,72)(H,56,76)(H,57,77)(H,58,68)(H,59,73)(H,60,75)(H,61,74)/t25-,26+,27-,28?,29?,31+,35-,36-,37+,38-,39?,54+/m0/s1. The summed E-state index contributed by atoms with van der Waals surface area (Å²) in [6, 6.07) is -5.09. The van der Waals surface area contributed by atoms with E-state index in [1.54, 1.807) is 18.2 Å². The van der Waals surface area contributed by atoms with Gasteiger partial charge in [-0.1, -0.05) is 0 Å². The van der Waals surface area contributed by atoms with E-state index in [1.807, 2.05) is 0 Å². The number of rotatable bonds is 13. The summed E-state index contributed by atoms with van der Waals surface area (Å²) in [5.41, 5.74) is -0.839. The lowest BCUT2D eigenvalue weighted by molar-refractivity contribution is -0.201. The van der Waals surface area contributed by atoms with Crippen molar-refractivity contribution in [2.24, 2.45) is 11.8 Å². The number of aromatic amines is 1. The molecule has 30 heteroatoms. The minimum Gasteiger partial charge on any atom is -0.393 e. The van der Waals surface area contributed by atoms with Gasteiger partial charge in [-0.3, -0.25) is 62.4 Å². The van der Waals surface area contributed by atoms with E-state index in [0.717, 1.165) is 16.7 Å². The SMILES string of the molecule is C[C@@H]1NC(=O)[C@H](C[C@@](C)(O)CO)NC(=O)[C@@H]2Cc3c([nH]c4ccc(NC(=O)CCCSC5CC(=O)N(CC6CCC(C(=O)ON7C(=O)CCC7=O)CC6)C5=O)cc34)SC[C@@H](NC(=O)[C@@H](C)NC1=O)C(=O)N1C[C@H](O)C[C@H]1C(=O)N[C@@H](C)C(=O)N2. The van der Waals surface area contributed by atoms with Gasteiger partial charge in [0.1, 0.15) is 42.3 Å². The Morgan fingerprint density at radius 3 is 2.07 bits per heavy atom. The molecule has 0 radical (unpaired) electrons. The molecule has 6 heterocycles. The number of nitrogens with zero attached hydrogens (tertiary/aromatic N) is 3. The number of aromatic nitrogens is 1. The number of thioether (sulfide) groups is 2. The van der Waals surface area contributed by atoms with Gasteiger partial charge in [-0.2, -0.15) is 0 Å². The zero-order chi connectivity index (χ0) is 60.9. The maximum absolute atomic E-state index is 14.7. The number of likely N-dealkylation sites (tertiary alicyclic amines) is 1. The first-order valence-corrected chi connectivity index (χ1v) is 30.1. The highest BCUT2D eigenvalue weighted by atomic mass is 32.2. The maximum atomic E-state index is 14.7. The van der Waals surface area contributed by atoms with Crippen LogP contribution in [0.2, 0.25) is 0 Å². The van der Waals surface area contributed by atoms with Crippen LogP contribution in [0, 0.1) is 11.8 Å². The molecule has 84 heavy (non-hydrogen) atoms. The largest absolute Gasteiger partial charge is 0.393 e. The number of hydroxylamine groups is 2. The summed E-state index contributed by atoms with van der Waals surface area (Å²) in [5, 5.41) is 50.7. The number of hydrogen-bond acceptors (Lipinski definition) is 19. The van der Waals surface area contributed by atoms with Crippen LogP contribution in [-0.2, 0) is 73.6 Å². The molecule has 1 aromatic carbocycles. The Morgan fingerprint density at radius 1 is 0.774 bits per heavy atom. The molecule has 1 saturated carbocycles. The first-order valence-electron chi connectivity index (χ1n) is 28.0. The van der Waals surface area contributed by atoms with Gasteiger partial charge in [0, 0.05) is 80.4 Å². The van der Waals surface area contributed by atoms with Gasteiger partial charge in [0.05, 0.1) is 34.5 Å². The van der Waals surface area contributed by atoms with Crippen molar-refractivity contribution in [1.29, 1.82) is 0 Å². The summed E-state index contributed by atoms with van der Waals surface area (Å²) in [4.78, 5) is 186. The molecule has 456 valence electrons. The van der Waals surface area contributed by atoms with E-state index in [0.29, 0.717) is 70.1 Å². The smallest absolute Gasteiger partial charge is 0.336 e. The van der Waals surface area contributed by atoms with Gasteiger partial charge in [0.2, 0.25) is 59.1 Å². The molecule has 1 aliphatic carbocycles. The van der Waals surface area contributed by atoms with Gasteiger partial charge in [-0.05, 0) is 95.2 Å². The molecule has 0 spiro atoms. The molecule has 11 N–H and O–H groups in total. The third-order valence-corrected chi connectivity index (χ3v) is 18.2. The highest BCUT2D eigenvalue weighted by Crippen LogP contribution is 2.36. The molecule has 4 fully saturated rings. The molecule has 2 aromatic rings. The maximum Gasteiger partial charge on any atom is 0.336 e. The molecule has 2 bridgehead atoms. The number of imide groups is 2. The van der Waals surface area contributed by atoms with Crippen LogP contribution >= 0.6 is 23.5 Å². The minimum atomic E-state index is -1.96. The molecule has 8 rings (SSSR count). The second-order valence-electron chi connectivity index (χ2n) is 22.6. The number of benzene rings is 1. The Hall–Kier alpha value is -7.15. The van der Waals surface area contributed by atoms with Crippen molar-refractivity contribution >= 4 is 117 Å². The van der Waals surface area contributed by atoms with E-state index in [2.05, 4.69) is 42.2 Å². The number of amides is 12. The van der Waals surface area contributed by atoms with E-state index in [1.165, 1.54) is 44.4 Å². The second kappa shape index (κ2) is 26.8. The van der Waals surface area contributed by atoms with Crippen molar-refractivity contribution in [2.75, 3.05) is 36.5 Å². The van der Waals surface area contributed by atoms with E-state index in [-0.39, 0.29) is 75.1 Å². The number of hydrogen-bond donors (Lipinski definition) is 11. The predicted octanol–water partition coefficient (Wildman–Crippen LogP) is -2.11. The number of carbonyl (C=O) groups is 13. The van der Waals surface area contributed by atoms with Crippen LogP contribution < -0.4 is 37.2 Å². The zero-order valence-electron chi connectivity index (χ0n) is 46.8. The third kappa shape index (κ3) is 15.0. The van der Waals surface area contributed by atoms with Crippen LogP contribution in [0.25, 0.3) is 10.9 Å². The Bertz CT molecular complexity index is 2970. The van der Waals surface area contributed by atoms with Gasteiger partial charge in [0.15, 0.2) is 0 Å². The lowest BCUT2D eigenvalue weighted by Crippen LogP contribution is -2.60. The van der Waals surface area contributed by atoms with Crippen molar-refractivity contribution in [2.45, 2.75) is 169 Å². The summed E-state index contributed by atoms with van der Waals surface area (Å²) in [7, 11) is 0. The van der Waals surface area contributed by atoms with Crippen molar-refractivity contribution in [3.8, 4) is 0 Å². The molecule has 3 saturated heterocycles. The van der Waals surface area contributed by atoms with Crippen LogP contribution in [0.4, 0.5) is 5.69 Å². The van der Waals surface area contributed by atoms with Gasteiger partial charge < -0.3 is 67.3 Å². The monoisotopic (exact) mass is 1210 g/mol. The topological polar surface area (TPSA) is 402 Å². The highest BCUT2D eigenvalue weighted by Gasteiger charge is 2.45. The van der Waals surface area contributed by atoms with E-state index < -0.39 is 143 Å². The predicted molar refractivity (Wildman–Crippen MR) is 298 cm³/mol. The summed E-state index contributed by atoms with van der Waals surface area (Å²) in [5.74, 6) is -9.39. The molecule has 12 amide bonds. The molecule has 6 aliphatic rings. The Balaban J connectivity index is 0.992. The van der Waals surface area contributed by atoms with Crippen LogP contribution in [0.3, 0.4) is 0 Å². The fourth-order valence-corrected chi connectivity index (χ4v) is 13.2. The van der Waals surface area contributed by atoms with Crippen LogP contribution in [0.1, 0.15) is 104 Å². The van der Waals surface area contributed by atoms with Crippen molar-refractivity contribution in [3.63, 3.8) is 0 Å². The summed E-state index contributed by atoms with van der Waals surface area (Å²) in [6.45, 7) is 4.21. The second-order valence-corrected chi connectivity index (χ2v) is 24.9. The first kappa shape index (κ1) is 62.9. The minimum absolute atomic E-state index is 0.00842. The molecule has 1 aromatic heterocycles. The van der Waals surface area contributed by atoms with Crippen LogP contribution in [-0.4, -0.2) is 202 Å². The molecular weight excluding hydrogens is 1140 g/mol. The van der Waals surface area contributed by atoms with Gasteiger partial charge in [-0.25, -0.2) is 4.79 Å². The van der Waals surface area contributed by atoms with E-state index >= 15 is 0 Å². The Labute approximate surface area is 490 Å². The lowest BCUT2D eigenvalue weighted by atomic mass is 9.82. The number of fused-ring (bicyclic) bond motifs is 5. The number of H-pyrrole nitrogens is 1. The number of carbonyl (C=O) groups excluding carboxylic acids is 13.